The van der Waals surface area contributed by atoms with Crippen LogP contribution >= 0.6 is 12.2 Å². The fourth-order valence-corrected chi connectivity index (χ4v) is 2.58. The maximum atomic E-state index is 12.3. The SMILES string of the molecule is COc1ccc(CC2C(=O)N(C)C(=S)N(C)C2=O)c(OC)c1. The van der Waals surface area contributed by atoms with Gasteiger partial charge in [0.2, 0.25) is 11.8 Å². The van der Waals surface area contributed by atoms with Crippen molar-refractivity contribution in [3.8, 4) is 11.5 Å². The van der Waals surface area contributed by atoms with Crippen LogP contribution in [0, 0.1) is 5.92 Å². The monoisotopic (exact) mass is 322 g/mol. The lowest BCUT2D eigenvalue weighted by atomic mass is 9.94. The number of rotatable bonds is 4. The zero-order valence-electron chi connectivity index (χ0n) is 13.0. The van der Waals surface area contributed by atoms with Crippen LogP contribution in [0.2, 0.25) is 0 Å². The van der Waals surface area contributed by atoms with Gasteiger partial charge in [-0.3, -0.25) is 19.4 Å². The first-order valence-corrected chi connectivity index (χ1v) is 7.11. The van der Waals surface area contributed by atoms with Crippen LogP contribution in [0.1, 0.15) is 5.56 Å². The number of hydrogen-bond acceptors (Lipinski definition) is 5. The molecule has 2 rings (SSSR count). The molecule has 2 amide bonds. The number of ether oxygens (including phenoxy) is 2. The molecule has 0 radical (unpaired) electrons. The van der Waals surface area contributed by atoms with Crippen LogP contribution in [-0.2, 0) is 16.0 Å². The molecule has 1 fully saturated rings. The zero-order chi connectivity index (χ0) is 16.4. The molecule has 0 aromatic heterocycles. The third-order valence-electron chi connectivity index (χ3n) is 3.75. The van der Waals surface area contributed by atoms with Crippen LogP contribution in [0.25, 0.3) is 0 Å². The van der Waals surface area contributed by atoms with Crippen molar-refractivity contribution in [1.82, 2.24) is 9.80 Å². The minimum atomic E-state index is -0.802. The molecule has 0 unspecified atom stereocenters. The summed E-state index contributed by atoms with van der Waals surface area (Å²) in [6.07, 6.45) is 0.252. The molecule has 6 nitrogen and oxygen atoms in total. The van der Waals surface area contributed by atoms with Gasteiger partial charge < -0.3 is 9.47 Å². The van der Waals surface area contributed by atoms with E-state index in [4.69, 9.17) is 21.7 Å². The van der Waals surface area contributed by atoms with Crippen molar-refractivity contribution in [3.63, 3.8) is 0 Å². The van der Waals surface area contributed by atoms with Crippen molar-refractivity contribution in [2.75, 3.05) is 28.3 Å². The number of nitrogens with zero attached hydrogens (tertiary/aromatic N) is 2. The van der Waals surface area contributed by atoms with Gasteiger partial charge >= 0.3 is 0 Å². The van der Waals surface area contributed by atoms with Gasteiger partial charge in [0.15, 0.2) is 5.11 Å². The van der Waals surface area contributed by atoms with Gasteiger partial charge in [-0.1, -0.05) is 6.07 Å². The summed E-state index contributed by atoms with van der Waals surface area (Å²) >= 11 is 5.07. The highest BCUT2D eigenvalue weighted by atomic mass is 32.1. The largest absolute Gasteiger partial charge is 0.497 e. The highest BCUT2D eigenvalue weighted by Gasteiger charge is 2.40. The molecule has 1 aromatic rings. The first-order chi connectivity index (χ1) is 10.4. The molecule has 118 valence electrons. The molecule has 0 atom stereocenters. The summed E-state index contributed by atoms with van der Waals surface area (Å²) in [5.41, 5.74) is 0.768. The quantitative estimate of drug-likeness (QED) is 0.613. The van der Waals surface area contributed by atoms with Gasteiger partial charge in [-0.2, -0.15) is 0 Å². The van der Waals surface area contributed by atoms with E-state index in [-0.39, 0.29) is 23.3 Å². The van der Waals surface area contributed by atoms with Gasteiger partial charge in [0.1, 0.15) is 17.4 Å². The molecule has 1 saturated heterocycles. The summed E-state index contributed by atoms with van der Waals surface area (Å²) in [7, 11) is 6.25. The number of methoxy groups -OCH3 is 2. The highest BCUT2D eigenvalue weighted by Crippen LogP contribution is 2.29. The summed E-state index contributed by atoms with van der Waals surface area (Å²) in [6, 6.07) is 5.30. The minimum Gasteiger partial charge on any atom is -0.497 e. The van der Waals surface area contributed by atoms with E-state index in [9.17, 15) is 9.59 Å². The van der Waals surface area contributed by atoms with E-state index in [0.29, 0.717) is 11.5 Å². The molecule has 1 aromatic carbocycles. The number of hydrogen-bond donors (Lipinski definition) is 0. The van der Waals surface area contributed by atoms with Crippen molar-refractivity contribution in [1.29, 1.82) is 0 Å². The second kappa shape index (κ2) is 6.31. The molecule has 0 aliphatic carbocycles. The third kappa shape index (κ3) is 2.76. The van der Waals surface area contributed by atoms with Crippen LogP contribution in [0.5, 0.6) is 11.5 Å². The Morgan fingerprint density at radius 1 is 1.09 bits per heavy atom. The Morgan fingerprint density at radius 2 is 1.68 bits per heavy atom. The third-order valence-corrected chi connectivity index (χ3v) is 4.30. The highest BCUT2D eigenvalue weighted by molar-refractivity contribution is 7.80. The molecule has 7 heteroatoms. The van der Waals surface area contributed by atoms with Crippen LogP contribution in [-0.4, -0.2) is 55.0 Å². The maximum Gasteiger partial charge on any atom is 0.241 e. The molecular formula is C15H18N2O4S. The Bertz CT molecular complexity index is 608. The second-order valence-electron chi connectivity index (χ2n) is 5.01. The molecule has 0 spiro atoms. The lowest BCUT2D eigenvalue weighted by Gasteiger charge is -2.35. The summed E-state index contributed by atoms with van der Waals surface area (Å²) in [4.78, 5) is 27.3. The fourth-order valence-electron chi connectivity index (χ4n) is 2.40. The predicted octanol–water partition coefficient (Wildman–Crippen LogP) is 1.08. The summed E-state index contributed by atoms with van der Waals surface area (Å²) < 4.78 is 10.5. The van der Waals surface area contributed by atoms with Gasteiger partial charge in [0.05, 0.1) is 14.2 Å². The predicted molar refractivity (Wildman–Crippen MR) is 84.9 cm³/mol. The van der Waals surface area contributed by atoms with E-state index in [2.05, 4.69) is 0 Å². The average Bonchev–Trinajstić information content (AvgIpc) is 2.55. The first-order valence-electron chi connectivity index (χ1n) is 6.70. The Kier molecular flexibility index (Phi) is 4.65. The molecular weight excluding hydrogens is 304 g/mol. The summed E-state index contributed by atoms with van der Waals surface area (Å²) in [5, 5.41) is 0.216. The van der Waals surface area contributed by atoms with Crippen molar-refractivity contribution in [2.24, 2.45) is 5.92 Å². The van der Waals surface area contributed by atoms with Gasteiger partial charge in [-0.25, -0.2) is 0 Å². The molecule has 1 aliphatic rings. The van der Waals surface area contributed by atoms with Gasteiger partial charge in [0, 0.05) is 20.2 Å². The van der Waals surface area contributed by atoms with Crippen molar-refractivity contribution < 1.29 is 19.1 Å². The summed E-state index contributed by atoms with van der Waals surface area (Å²) in [5.74, 6) is -0.170. The van der Waals surface area contributed by atoms with E-state index in [1.165, 1.54) is 16.9 Å². The van der Waals surface area contributed by atoms with E-state index >= 15 is 0 Å². The van der Waals surface area contributed by atoms with E-state index in [1.54, 1.807) is 39.4 Å². The van der Waals surface area contributed by atoms with E-state index in [0.717, 1.165) is 5.56 Å². The topological polar surface area (TPSA) is 59.1 Å². The molecule has 22 heavy (non-hydrogen) atoms. The van der Waals surface area contributed by atoms with Crippen LogP contribution < -0.4 is 9.47 Å². The Balaban J connectivity index is 2.31. The van der Waals surface area contributed by atoms with E-state index in [1.807, 2.05) is 0 Å². The smallest absolute Gasteiger partial charge is 0.241 e. The van der Waals surface area contributed by atoms with Crippen LogP contribution in [0.15, 0.2) is 18.2 Å². The summed E-state index contributed by atoms with van der Waals surface area (Å²) in [6.45, 7) is 0. The zero-order valence-corrected chi connectivity index (χ0v) is 13.8. The number of benzene rings is 1. The normalized spacial score (nSPS) is 16.3. The minimum absolute atomic E-state index is 0.216. The number of amides is 2. The number of carbonyl (C=O) groups is 2. The second-order valence-corrected chi connectivity index (χ2v) is 5.38. The lowest BCUT2D eigenvalue weighted by molar-refractivity contribution is -0.145. The van der Waals surface area contributed by atoms with Crippen LogP contribution in [0.3, 0.4) is 0 Å². The van der Waals surface area contributed by atoms with Crippen molar-refractivity contribution >= 4 is 29.1 Å². The standard InChI is InChI=1S/C15H18N2O4S/c1-16-13(18)11(14(19)17(2)15(16)22)7-9-5-6-10(20-3)8-12(9)21-4/h5-6,8,11H,7H2,1-4H3. The van der Waals surface area contributed by atoms with Crippen molar-refractivity contribution in [2.45, 2.75) is 6.42 Å². The Morgan fingerprint density at radius 3 is 2.18 bits per heavy atom. The number of thiocarbonyl (C=S) groups is 1. The molecule has 0 bridgehead atoms. The molecule has 1 heterocycles. The lowest BCUT2D eigenvalue weighted by Crippen LogP contribution is -2.57. The van der Waals surface area contributed by atoms with Gasteiger partial charge in [0.25, 0.3) is 0 Å². The van der Waals surface area contributed by atoms with E-state index < -0.39 is 5.92 Å². The molecule has 0 N–H and O–H groups in total. The maximum absolute atomic E-state index is 12.3. The average molecular weight is 322 g/mol. The number of carbonyl (C=O) groups excluding carboxylic acids is 2. The molecule has 1 aliphatic heterocycles. The van der Waals surface area contributed by atoms with Crippen LogP contribution in [0.4, 0.5) is 0 Å². The molecule has 0 saturated carbocycles. The van der Waals surface area contributed by atoms with Gasteiger partial charge in [-0.05, 0) is 30.3 Å². The first kappa shape index (κ1) is 16.2. The van der Waals surface area contributed by atoms with Gasteiger partial charge in [-0.15, -0.1) is 0 Å². The van der Waals surface area contributed by atoms with Crippen molar-refractivity contribution in [3.05, 3.63) is 23.8 Å². The Hall–Kier alpha value is -2.15. The Labute approximate surface area is 134 Å². The fraction of sp³-hybridized carbons (Fsp3) is 0.400.